The SMILES string of the molecule is Cl.O=C(CC1COCCN1)N1CCN(S(=O)(=O)Cc2ccon2)CC1. The molecule has 2 saturated heterocycles. The molecule has 9 nitrogen and oxygen atoms in total. The highest BCUT2D eigenvalue weighted by atomic mass is 35.5. The summed E-state index contributed by atoms with van der Waals surface area (Å²) in [4.78, 5) is 14.0. The van der Waals surface area contributed by atoms with Crippen molar-refractivity contribution in [1.82, 2.24) is 19.7 Å². The van der Waals surface area contributed by atoms with Crippen LogP contribution in [0.2, 0.25) is 0 Å². The van der Waals surface area contributed by atoms with Crippen LogP contribution in [0.25, 0.3) is 0 Å². The molecule has 1 unspecified atom stereocenters. The Kier molecular flexibility index (Phi) is 7.20. The second-order valence-corrected chi connectivity index (χ2v) is 7.93. The van der Waals surface area contributed by atoms with Gasteiger partial charge in [-0.3, -0.25) is 4.79 Å². The summed E-state index contributed by atoms with van der Waals surface area (Å²) in [6, 6.07) is 1.58. The normalized spacial score (nSPS) is 22.4. The van der Waals surface area contributed by atoms with Gasteiger partial charge in [0, 0.05) is 51.3 Å². The molecule has 1 aromatic heterocycles. The fraction of sp³-hybridized carbons (Fsp3) is 0.714. The molecule has 1 atom stereocenters. The summed E-state index contributed by atoms with van der Waals surface area (Å²) in [5.41, 5.74) is 0.386. The van der Waals surface area contributed by atoms with Crippen LogP contribution in [0.1, 0.15) is 12.1 Å². The van der Waals surface area contributed by atoms with E-state index in [0.29, 0.717) is 51.5 Å². The molecule has 2 aliphatic heterocycles. The van der Waals surface area contributed by atoms with Crippen molar-refractivity contribution in [3.63, 3.8) is 0 Å². The van der Waals surface area contributed by atoms with E-state index in [4.69, 9.17) is 4.74 Å². The van der Waals surface area contributed by atoms with Crippen LogP contribution in [0.3, 0.4) is 0 Å². The van der Waals surface area contributed by atoms with Crippen LogP contribution < -0.4 is 5.32 Å². The van der Waals surface area contributed by atoms with E-state index in [2.05, 4.69) is 15.0 Å². The van der Waals surface area contributed by atoms with E-state index in [1.54, 1.807) is 4.90 Å². The van der Waals surface area contributed by atoms with Gasteiger partial charge in [-0.1, -0.05) is 5.16 Å². The van der Waals surface area contributed by atoms with Crippen LogP contribution in [0.4, 0.5) is 0 Å². The Hall–Kier alpha value is -1.20. The number of hydrogen-bond acceptors (Lipinski definition) is 7. The Morgan fingerprint density at radius 2 is 2.08 bits per heavy atom. The van der Waals surface area contributed by atoms with Crippen molar-refractivity contribution in [2.45, 2.75) is 18.2 Å². The molecule has 1 amide bonds. The summed E-state index contributed by atoms with van der Waals surface area (Å²) in [5, 5.41) is 6.89. The lowest BCUT2D eigenvalue weighted by molar-refractivity contribution is -0.133. The number of hydrogen-bond donors (Lipinski definition) is 1. The maximum Gasteiger partial charge on any atom is 0.224 e. The molecule has 1 N–H and O–H groups in total. The van der Waals surface area contributed by atoms with Crippen molar-refractivity contribution >= 4 is 28.3 Å². The Labute approximate surface area is 153 Å². The van der Waals surface area contributed by atoms with E-state index in [1.165, 1.54) is 16.6 Å². The third-order valence-corrected chi connectivity index (χ3v) is 6.04. The van der Waals surface area contributed by atoms with Crippen LogP contribution in [-0.4, -0.2) is 80.7 Å². The van der Waals surface area contributed by atoms with Crippen LogP contribution in [0, 0.1) is 0 Å². The maximum absolute atomic E-state index is 12.4. The molecule has 3 rings (SSSR count). The summed E-state index contributed by atoms with van der Waals surface area (Å²) in [5.74, 6) is -0.146. The molecule has 0 saturated carbocycles. The number of ether oxygens (including phenoxy) is 1. The highest BCUT2D eigenvalue weighted by Gasteiger charge is 2.30. The number of nitrogens with one attached hydrogen (secondary N) is 1. The van der Waals surface area contributed by atoms with Gasteiger partial charge in [-0.15, -0.1) is 12.4 Å². The first-order chi connectivity index (χ1) is 11.5. The maximum atomic E-state index is 12.4. The summed E-state index contributed by atoms with van der Waals surface area (Å²) < 4.78 is 36.1. The first-order valence-corrected chi connectivity index (χ1v) is 9.61. The minimum absolute atomic E-state index is 0. The van der Waals surface area contributed by atoms with E-state index in [9.17, 15) is 13.2 Å². The zero-order valence-electron chi connectivity index (χ0n) is 13.8. The first-order valence-electron chi connectivity index (χ1n) is 8.00. The number of nitrogens with zero attached hydrogens (tertiary/aromatic N) is 3. The zero-order chi connectivity index (χ0) is 17.0. The van der Waals surface area contributed by atoms with Crippen molar-refractivity contribution in [1.29, 1.82) is 0 Å². The minimum Gasteiger partial charge on any atom is -0.378 e. The summed E-state index contributed by atoms with van der Waals surface area (Å²) in [7, 11) is -3.44. The number of piperazine rings is 1. The van der Waals surface area contributed by atoms with Gasteiger partial charge in [0.05, 0.1) is 18.9 Å². The molecule has 11 heteroatoms. The molecule has 0 bridgehead atoms. The smallest absolute Gasteiger partial charge is 0.224 e. The van der Waals surface area contributed by atoms with Crippen molar-refractivity contribution in [2.75, 3.05) is 45.9 Å². The van der Waals surface area contributed by atoms with E-state index in [0.717, 1.165) is 6.54 Å². The van der Waals surface area contributed by atoms with Gasteiger partial charge in [-0.25, -0.2) is 8.42 Å². The number of carbonyl (C=O) groups is 1. The molecule has 1 aromatic rings. The molecule has 3 heterocycles. The molecule has 0 aliphatic carbocycles. The monoisotopic (exact) mass is 394 g/mol. The van der Waals surface area contributed by atoms with E-state index < -0.39 is 10.0 Å². The summed E-state index contributed by atoms with van der Waals surface area (Å²) in [6.07, 6.45) is 1.73. The third-order valence-electron chi connectivity index (χ3n) is 4.23. The fourth-order valence-electron chi connectivity index (χ4n) is 2.90. The highest BCUT2D eigenvalue weighted by Crippen LogP contribution is 2.14. The molecule has 142 valence electrons. The molecule has 0 spiro atoms. The zero-order valence-corrected chi connectivity index (χ0v) is 15.4. The van der Waals surface area contributed by atoms with Gasteiger partial charge in [0.2, 0.25) is 15.9 Å². The first kappa shape index (κ1) is 20.1. The van der Waals surface area contributed by atoms with Gasteiger partial charge in [-0.2, -0.15) is 4.31 Å². The number of sulfonamides is 1. The van der Waals surface area contributed by atoms with Gasteiger partial charge in [0.1, 0.15) is 12.0 Å². The quantitative estimate of drug-likeness (QED) is 0.714. The molecule has 2 fully saturated rings. The van der Waals surface area contributed by atoms with Crippen molar-refractivity contribution in [3.8, 4) is 0 Å². The van der Waals surface area contributed by atoms with E-state index in [-0.39, 0.29) is 30.1 Å². The number of carbonyl (C=O) groups excluding carboxylic acids is 1. The summed E-state index contributed by atoms with van der Waals surface area (Å²) in [6.45, 7) is 3.40. The summed E-state index contributed by atoms with van der Waals surface area (Å²) >= 11 is 0. The number of morpholine rings is 1. The topological polar surface area (TPSA) is 105 Å². The number of aromatic nitrogens is 1. The lowest BCUT2D eigenvalue weighted by Gasteiger charge is -2.35. The van der Waals surface area contributed by atoms with Gasteiger partial charge >= 0.3 is 0 Å². The van der Waals surface area contributed by atoms with Crippen molar-refractivity contribution in [3.05, 3.63) is 18.0 Å². The number of amides is 1. The number of halogens is 1. The standard InChI is InChI=1S/C14H22N4O5S.ClH/c19-14(9-13-10-22-8-2-15-13)17-3-5-18(6-4-17)24(20,21)11-12-1-7-23-16-12;/h1,7,13,15H,2-6,8-11H2;1H. The minimum atomic E-state index is -3.44. The van der Waals surface area contributed by atoms with Crippen LogP contribution in [0.15, 0.2) is 16.9 Å². The molecule has 2 aliphatic rings. The Morgan fingerprint density at radius 1 is 1.32 bits per heavy atom. The highest BCUT2D eigenvalue weighted by molar-refractivity contribution is 7.88. The van der Waals surface area contributed by atoms with Crippen molar-refractivity contribution in [2.24, 2.45) is 0 Å². The average Bonchev–Trinajstić information content (AvgIpc) is 3.08. The van der Waals surface area contributed by atoms with Gasteiger partial charge < -0.3 is 19.5 Å². The molecule has 25 heavy (non-hydrogen) atoms. The fourth-order valence-corrected chi connectivity index (χ4v) is 4.32. The second-order valence-electron chi connectivity index (χ2n) is 5.96. The van der Waals surface area contributed by atoms with Gasteiger partial charge in [-0.05, 0) is 0 Å². The molecular weight excluding hydrogens is 372 g/mol. The Bertz CT molecular complexity index is 640. The predicted molar refractivity (Wildman–Crippen MR) is 91.8 cm³/mol. The molecular formula is C14H23ClN4O5S. The van der Waals surface area contributed by atoms with Crippen LogP contribution >= 0.6 is 12.4 Å². The van der Waals surface area contributed by atoms with E-state index >= 15 is 0 Å². The lowest BCUT2D eigenvalue weighted by Crippen LogP contribution is -2.52. The second kappa shape index (κ2) is 8.95. The Balaban J connectivity index is 0.00000225. The average molecular weight is 395 g/mol. The largest absolute Gasteiger partial charge is 0.378 e. The third kappa shape index (κ3) is 5.38. The molecule has 0 aromatic carbocycles. The van der Waals surface area contributed by atoms with E-state index in [1.807, 2.05) is 0 Å². The van der Waals surface area contributed by atoms with Crippen LogP contribution in [0.5, 0.6) is 0 Å². The predicted octanol–water partition coefficient (Wildman–Crippen LogP) is -0.551. The van der Waals surface area contributed by atoms with Gasteiger partial charge in [0.15, 0.2) is 0 Å². The van der Waals surface area contributed by atoms with Gasteiger partial charge in [0.25, 0.3) is 0 Å². The number of rotatable bonds is 5. The van der Waals surface area contributed by atoms with Crippen molar-refractivity contribution < 1.29 is 22.5 Å². The molecule has 0 radical (unpaired) electrons. The lowest BCUT2D eigenvalue weighted by atomic mass is 10.1. The van der Waals surface area contributed by atoms with Crippen LogP contribution in [-0.2, 0) is 25.3 Å². The Morgan fingerprint density at radius 3 is 2.68 bits per heavy atom.